The Morgan fingerprint density at radius 1 is 0.200 bits per heavy atom. The summed E-state index contributed by atoms with van der Waals surface area (Å²) < 4.78 is 309. The lowest BCUT2D eigenvalue weighted by Gasteiger charge is -2.07. The summed E-state index contributed by atoms with van der Waals surface area (Å²) in [4.78, 5) is 9.20. The van der Waals surface area contributed by atoms with Crippen LogP contribution >= 0.6 is 0 Å². The zero-order valence-corrected chi connectivity index (χ0v) is 27.5. The standard InChI is InChI=1S/C36H2F20N4/c37-9-1-2(10(38)18(46)17(9)45)30-26(54)32-5-6(14(42)22(50)21(49)13(5)41)34(59-32)28(56)36-8-7(15(43)23(51)24(52)16(8)44)35(60-36)27(55)33-4-3(11(39)19(47)20(48)12(4)40)31(58-33)25(53)29(1)57-30/h57,60H. The normalized spacial score (nSPS) is 12.3. The lowest BCUT2D eigenvalue weighted by atomic mass is 10.0. The summed E-state index contributed by atoms with van der Waals surface area (Å²) in [5.41, 5.74) is -24.3. The summed E-state index contributed by atoms with van der Waals surface area (Å²) in [5, 5.41) is -8.01. The minimum absolute atomic E-state index is 1.46. The Kier molecular flexibility index (Phi) is 7.94. The van der Waals surface area contributed by atoms with Gasteiger partial charge in [0.15, 0.2) is 116 Å². The van der Waals surface area contributed by atoms with Gasteiger partial charge in [0.2, 0.25) is 0 Å². The van der Waals surface area contributed by atoms with Crippen molar-refractivity contribution in [2.45, 2.75) is 0 Å². The molecular formula is C36H2F20N4. The highest BCUT2D eigenvalue weighted by molar-refractivity contribution is 6.12. The Balaban J connectivity index is 1.71. The first-order valence-electron chi connectivity index (χ1n) is 15.7. The summed E-state index contributed by atoms with van der Waals surface area (Å²) in [7, 11) is 0. The van der Waals surface area contributed by atoms with Gasteiger partial charge in [-0.1, -0.05) is 0 Å². The van der Waals surface area contributed by atoms with E-state index < -0.39 is 205 Å². The maximum absolute atomic E-state index is 16.8. The largest absolute Gasteiger partial charge is 0.349 e. The third-order valence-electron chi connectivity index (χ3n) is 9.67. The van der Waals surface area contributed by atoms with Gasteiger partial charge < -0.3 is 9.97 Å². The van der Waals surface area contributed by atoms with Crippen LogP contribution in [0.3, 0.4) is 0 Å². The van der Waals surface area contributed by atoms with Gasteiger partial charge in [-0.3, -0.25) is 0 Å². The SMILES string of the molecule is Fc1c(F)c(F)c2c(c1F)-c1nc-2c(F)c2[nH]c(c(F)c3nc(c(F)c4[nH]c(c1F)c1c(F)c(F)c(F)c(F)c41)-c1c(F)c(F)c(F)c(F)c1-3)c1c(F)c(F)c(F)c(F)c21. The van der Waals surface area contributed by atoms with Crippen LogP contribution in [0.4, 0.5) is 87.8 Å². The maximum atomic E-state index is 16.8. The first-order chi connectivity index (χ1) is 28.1. The predicted molar refractivity (Wildman–Crippen MR) is 164 cm³/mol. The van der Waals surface area contributed by atoms with E-state index in [0.717, 1.165) is 0 Å². The number of hydrogen-bond donors (Lipinski definition) is 2. The quantitative estimate of drug-likeness (QED) is 0.0906. The molecule has 2 aliphatic rings. The van der Waals surface area contributed by atoms with Gasteiger partial charge in [-0.15, -0.1) is 0 Å². The maximum Gasteiger partial charge on any atom is 0.198 e. The van der Waals surface area contributed by atoms with Crippen LogP contribution in [0.15, 0.2) is 0 Å². The zero-order chi connectivity index (χ0) is 43.6. The molecule has 0 fully saturated rings. The summed E-state index contributed by atoms with van der Waals surface area (Å²) in [6.45, 7) is 0. The van der Waals surface area contributed by atoms with Crippen LogP contribution in [-0.2, 0) is 0 Å². The lowest BCUT2D eigenvalue weighted by Crippen LogP contribution is -2.02. The molecule has 0 radical (unpaired) electrons. The molecule has 0 spiro atoms. The molecule has 3 aromatic heterocycles. The molecule has 9 rings (SSSR count). The highest BCUT2D eigenvalue weighted by atomic mass is 19.2. The van der Waals surface area contributed by atoms with Gasteiger partial charge >= 0.3 is 0 Å². The van der Waals surface area contributed by atoms with Crippen LogP contribution < -0.4 is 0 Å². The summed E-state index contributed by atoms with van der Waals surface area (Å²) in [6.07, 6.45) is 0. The highest BCUT2D eigenvalue weighted by Gasteiger charge is 2.40. The van der Waals surface area contributed by atoms with Crippen LogP contribution in [0.2, 0.25) is 0 Å². The number of rotatable bonds is 0. The van der Waals surface area contributed by atoms with Crippen molar-refractivity contribution >= 4 is 43.6 Å². The topological polar surface area (TPSA) is 57.4 Å². The first kappa shape index (κ1) is 38.6. The molecule has 0 atom stereocenters. The number of nitrogens with one attached hydrogen (secondary N) is 2. The number of halogens is 20. The Hall–Kier alpha value is -6.88. The molecule has 0 unspecified atom stereocenters. The first-order valence-corrected chi connectivity index (χ1v) is 15.7. The number of fused-ring (bicyclic) bond motifs is 20. The number of hydrogen-bond acceptors (Lipinski definition) is 2. The van der Waals surface area contributed by atoms with Gasteiger partial charge in [0.05, 0.1) is 65.9 Å². The van der Waals surface area contributed by atoms with Crippen LogP contribution in [-0.4, -0.2) is 19.9 Å². The fourth-order valence-electron chi connectivity index (χ4n) is 7.07. The third kappa shape index (κ3) is 4.49. The fourth-order valence-corrected chi connectivity index (χ4v) is 7.07. The van der Waals surface area contributed by atoms with Crippen LogP contribution in [0.1, 0.15) is 0 Å². The molecule has 2 N–H and O–H groups in total. The summed E-state index contributed by atoms with van der Waals surface area (Å²) in [6, 6.07) is 0. The molecule has 7 aromatic rings. The van der Waals surface area contributed by atoms with Crippen molar-refractivity contribution in [1.82, 2.24) is 19.9 Å². The number of nitrogens with zero attached hydrogens (tertiary/aromatic N) is 2. The minimum atomic E-state index is -2.83. The Morgan fingerprint density at radius 2 is 0.367 bits per heavy atom. The van der Waals surface area contributed by atoms with E-state index in [1.54, 1.807) is 0 Å². The molecule has 306 valence electrons. The van der Waals surface area contributed by atoms with Crippen molar-refractivity contribution in [3.8, 4) is 45.0 Å². The summed E-state index contributed by atoms with van der Waals surface area (Å²) >= 11 is 0. The molecule has 0 aliphatic carbocycles. The number of aromatic amines is 2. The van der Waals surface area contributed by atoms with Crippen molar-refractivity contribution in [2.75, 3.05) is 0 Å². The van der Waals surface area contributed by atoms with E-state index in [9.17, 15) is 35.1 Å². The zero-order valence-electron chi connectivity index (χ0n) is 27.5. The van der Waals surface area contributed by atoms with E-state index in [-0.39, 0.29) is 0 Å². The van der Waals surface area contributed by atoms with E-state index >= 15 is 52.7 Å². The third-order valence-corrected chi connectivity index (χ3v) is 9.67. The molecule has 0 amide bonds. The molecule has 2 aliphatic heterocycles. The molecule has 8 bridgehead atoms. The van der Waals surface area contributed by atoms with Crippen molar-refractivity contribution in [1.29, 1.82) is 0 Å². The van der Waals surface area contributed by atoms with E-state index in [1.165, 1.54) is 9.97 Å². The van der Waals surface area contributed by atoms with E-state index in [4.69, 9.17) is 0 Å². The van der Waals surface area contributed by atoms with Gasteiger partial charge in [-0.2, -0.15) is 0 Å². The molecular weight excluding hydrogens is 868 g/mol. The Morgan fingerprint density at radius 3 is 0.550 bits per heavy atom. The number of H-pyrrole nitrogens is 2. The molecule has 4 aromatic carbocycles. The number of benzene rings is 4. The van der Waals surface area contributed by atoms with Crippen LogP contribution in [0.5, 0.6) is 0 Å². The fraction of sp³-hybridized carbons (Fsp3) is 0. The van der Waals surface area contributed by atoms with Crippen molar-refractivity contribution in [3.63, 3.8) is 0 Å². The second-order valence-corrected chi connectivity index (χ2v) is 12.6. The van der Waals surface area contributed by atoms with Crippen molar-refractivity contribution in [2.24, 2.45) is 0 Å². The van der Waals surface area contributed by atoms with Gasteiger partial charge in [-0.25, -0.2) is 97.8 Å². The predicted octanol–water partition coefficient (Wildman–Crippen LogP) is 12.1. The van der Waals surface area contributed by atoms with Crippen molar-refractivity contribution in [3.05, 3.63) is 116 Å². The summed E-state index contributed by atoms with van der Waals surface area (Å²) in [5.74, 6) is -54.6. The molecule has 0 saturated carbocycles. The minimum Gasteiger partial charge on any atom is -0.349 e. The highest BCUT2D eigenvalue weighted by Crippen LogP contribution is 2.49. The van der Waals surface area contributed by atoms with E-state index in [0.29, 0.717) is 0 Å². The van der Waals surface area contributed by atoms with Gasteiger partial charge in [0.1, 0.15) is 22.8 Å². The Bertz CT molecular complexity index is 3000. The molecule has 5 heterocycles. The van der Waals surface area contributed by atoms with E-state index in [2.05, 4.69) is 9.97 Å². The van der Waals surface area contributed by atoms with Crippen molar-refractivity contribution < 1.29 is 87.8 Å². The van der Waals surface area contributed by atoms with Crippen LogP contribution in [0, 0.1) is 116 Å². The van der Waals surface area contributed by atoms with E-state index in [1.807, 2.05) is 0 Å². The average Bonchev–Trinajstić information content (AvgIpc) is 4.03. The van der Waals surface area contributed by atoms with Gasteiger partial charge in [-0.05, 0) is 0 Å². The monoisotopic (exact) mass is 870 g/mol. The average molecular weight is 870 g/mol. The molecule has 4 nitrogen and oxygen atoms in total. The molecule has 0 saturated heterocycles. The molecule has 24 heteroatoms. The van der Waals surface area contributed by atoms with Gasteiger partial charge in [0.25, 0.3) is 0 Å². The lowest BCUT2D eigenvalue weighted by molar-refractivity contribution is 0.412. The van der Waals surface area contributed by atoms with Gasteiger partial charge in [0, 0.05) is 0 Å². The second-order valence-electron chi connectivity index (χ2n) is 12.6. The number of aromatic nitrogens is 4. The smallest absolute Gasteiger partial charge is 0.198 e. The van der Waals surface area contributed by atoms with Crippen LogP contribution in [0.25, 0.3) is 88.6 Å². The Labute approximate surface area is 313 Å². The molecule has 60 heavy (non-hydrogen) atoms. The second kappa shape index (κ2) is 12.3.